The standard InChI is InChI=1S/C30H48O4/c1-25(2)18-9-11-21-27(5,19(18)10-12-22(25)32)15-16-28(6)24(20(31)17-29(21,28)7)30(8)14-13-23(34-30)26(3,4)33/h9-10,20-24,31-33H,11-17H2,1-8H3/t20-,21+,22-,23-,24?,27-,28+,29-,30?/m0/s1. The van der Waals surface area contributed by atoms with Crippen molar-refractivity contribution in [1.29, 1.82) is 0 Å². The molecule has 4 aliphatic carbocycles. The fourth-order valence-corrected chi connectivity index (χ4v) is 9.76. The Hall–Kier alpha value is -0.680. The summed E-state index contributed by atoms with van der Waals surface area (Å²) in [6, 6.07) is 0. The van der Waals surface area contributed by atoms with Crippen LogP contribution in [0.1, 0.15) is 100 Å². The van der Waals surface area contributed by atoms with Crippen molar-refractivity contribution in [3.63, 3.8) is 0 Å². The van der Waals surface area contributed by atoms with Crippen LogP contribution in [0.4, 0.5) is 0 Å². The summed E-state index contributed by atoms with van der Waals surface area (Å²) in [5, 5.41) is 33.1. The largest absolute Gasteiger partial charge is 0.393 e. The van der Waals surface area contributed by atoms with Gasteiger partial charge in [0.05, 0.1) is 29.5 Å². The average Bonchev–Trinajstić information content (AvgIpc) is 3.20. The zero-order valence-electron chi connectivity index (χ0n) is 22.7. The van der Waals surface area contributed by atoms with Crippen LogP contribution in [0.2, 0.25) is 0 Å². The van der Waals surface area contributed by atoms with Gasteiger partial charge in [-0.2, -0.15) is 0 Å². The van der Waals surface area contributed by atoms with Gasteiger partial charge in [-0.05, 0) is 99.0 Å². The molecule has 0 aromatic heterocycles. The Labute approximate surface area is 206 Å². The summed E-state index contributed by atoms with van der Waals surface area (Å²) < 4.78 is 6.65. The smallest absolute Gasteiger partial charge is 0.0865 e. The molecule has 5 aliphatic rings. The first-order valence-corrected chi connectivity index (χ1v) is 13.7. The van der Waals surface area contributed by atoms with Crippen LogP contribution in [-0.2, 0) is 4.74 Å². The Balaban J connectivity index is 1.53. The van der Waals surface area contributed by atoms with E-state index in [2.05, 4.69) is 53.7 Å². The molecule has 3 N–H and O–H groups in total. The molecule has 34 heavy (non-hydrogen) atoms. The summed E-state index contributed by atoms with van der Waals surface area (Å²) in [7, 11) is 0. The molecular weight excluding hydrogens is 424 g/mol. The van der Waals surface area contributed by atoms with Crippen molar-refractivity contribution in [1.82, 2.24) is 0 Å². The van der Waals surface area contributed by atoms with Gasteiger partial charge in [0.25, 0.3) is 0 Å². The summed E-state index contributed by atoms with van der Waals surface area (Å²) in [6.45, 7) is 17.6. The maximum Gasteiger partial charge on any atom is 0.0865 e. The highest BCUT2D eigenvalue weighted by Crippen LogP contribution is 2.75. The van der Waals surface area contributed by atoms with Crippen molar-refractivity contribution < 1.29 is 20.1 Å². The first-order chi connectivity index (χ1) is 15.5. The molecule has 1 saturated heterocycles. The molecule has 0 amide bonds. The number of allylic oxidation sites excluding steroid dienone is 2. The van der Waals surface area contributed by atoms with Crippen LogP contribution in [0.5, 0.6) is 0 Å². The lowest BCUT2D eigenvalue weighted by molar-refractivity contribution is -0.185. The molecule has 2 saturated carbocycles. The minimum atomic E-state index is -0.869. The summed E-state index contributed by atoms with van der Waals surface area (Å²) in [6.07, 6.45) is 10.3. The van der Waals surface area contributed by atoms with E-state index >= 15 is 0 Å². The third kappa shape index (κ3) is 3.04. The van der Waals surface area contributed by atoms with Crippen LogP contribution >= 0.6 is 0 Å². The van der Waals surface area contributed by atoms with Gasteiger partial charge in [0.15, 0.2) is 0 Å². The molecule has 0 aromatic rings. The number of aliphatic hydroxyl groups excluding tert-OH is 2. The number of hydrogen-bond donors (Lipinski definition) is 3. The minimum absolute atomic E-state index is 0.00759. The van der Waals surface area contributed by atoms with E-state index in [0.29, 0.717) is 5.92 Å². The van der Waals surface area contributed by atoms with E-state index in [1.165, 1.54) is 11.1 Å². The Morgan fingerprint density at radius 1 is 0.882 bits per heavy atom. The van der Waals surface area contributed by atoms with Gasteiger partial charge < -0.3 is 20.1 Å². The van der Waals surface area contributed by atoms with Crippen LogP contribution in [0.3, 0.4) is 0 Å². The average molecular weight is 473 g/mol. The SMILES string of the molecule is CC1(C2[C@@H](O)C[C@@]3(C)[C@@H]4CC=C5C(=CC[C@H](O)C5(C)C)[C@]4(C)CC[C@]23C)CC[C@@H](C(C)(C)O)O1. The number of fused-ring (bicyclic) bond motifs is 5. The van der Waals surface area contributed by atoms with Crippen molar-refractivity contribution in [2.24, 2.45) is 33.5 Å². The van der Waals surface area contributed by atoms with E-state index in [-0.39, 0.29) is 39.8 Å². The first kappa shape index (κ1) is 25.0. The maximum atomic E-state index is 11.7. The molecule has 0 spiro atoms. The van der Waals surface area contributed by atoms with Gasteiger partial charge in [0.2, 0.25) is 0 Å². The summed E-state index contributed by atoms with van der Waals surface area (Å²) in [4.78, 5) is 0. The molecule has 5 rings (SSSR count). The zero-order valence-corrected chi connectivity index (χ0v) is 22.7. The number of aliphatic hydroxyl groups is 3. The summed E-state index contributed by atoms with van der Waals surface area (Å²) in [5.74, 6) is 0.514. The third-order valence-electron chi connectivity index (χ3n) is 12.0. The molecule has 3 fully saturated rings. The van der Waals surface area contributed by atoms with Gasteiger partial charge in [-0.25, -0.2) is 0 Å². The fourth-order valence-electron chi connectivity index (χ4n) is 9.76. The molecule has 9 atom stereocenters. The Bertz CT molecular complexity index is 927. The quantitative estimate of drug-likeness (QED) is 0.493. The number of rotatable bonds is 2. The Morgan fingerprint density at radius 3 is 2.15 bits per heavy atom. The monoisotopic (exact) mass is 472 g/mol. The highest BCUT2D eigenvalue weighted by Gasteiger charge is 2.71. The van der Waals surface area contributed by atoms with E-state index < -0.39 is 17.3 Å². The Morgan fingerprint density at radius 2 is 1.53 bits per heavy atom. The lowest BCUT2D eigenvalue weighted by Gasteiger charge is -2.64. The molecule has 2 unspecified atom stereocenters. The van der Waals surface area contributed by atoms with Gasteiger partial charge in [0.1, 0.15) is 0 Å². The zero-order chi connectivity index (χ0) is 25.1. The second-order valence-electron chi connectivity index (χ2n) is 14.6. The maximum absolute atomic E-state index is 11.7. The lowest BCUT2D eigenvalue weighted by atomic mass is 9.40. The highest BCUT2D eigenvalue weighted by atomic mass is 16.5. The van der Waals surface area contributed by atoms with E-state index in [0.717, 1.165) is 44.9 Å². The van der Waals surface area contributed by atoms with Crippen LogP contribution in [0, 0.1) is 33.5 Å². The number of ether oxygens (including phenoxy) is 1. The van der Waals surface area contributed by atoms with Gasteiger partial charge >= 0.3 is 0 Å². The molecule has 4 heteroatoms. The van der Waals surface area contributed by atoms with Crippen LogP contribution < -0.4 is 0 Å². The normalized spacial score (nSPS) is 52.4. The summed E-state index contributed by atoms with van der Waals surface area (Å²) in [5.41, 5.74) is 1.34. The molecule has 0 bridgehead atoms. The van der Waals surface area contributed by atoms with Crippen molar-refractivity contribution >= 4 is 0 Å². The van der Waals surface area contributed by atoms with Crippen LogP contribution in [0.25, 0.3) is 0 Å². The second kappa shape index (κ2) is 7.21. The van der Waals surface area contributed by atoms with Crippen LogP contribution in [-0.4, -0.2) is 44.8 Å². The number of hydrogen-bond acceptors (Lipinski definition) is 4. The highest BCUT2D eigenvalue weighted by molar-refractivity contribution is 5.48. The predicted octanol–water partition coefficient (Wildman–Crippen LogP) is 5.55. The molecule has 192 valence electrons. The third-order valence-corrected chi connectivity index (χ3v) is 12.0. The predicted molar refractivity (Wildman–Crippen MR) is 135 cm³/mol. The Kier molecular flexibility index (Phi) is 5.30. The minimum Gasteiger partial charge on any atom is -0.393 e. The van der Waals surface area contributed by atoms with E-state index in [1.807, 2.05) is 13.8 Å². The van der Waals surface area contributed by atoms with E-state index in [4.69, 9.17) is 4.74 Å². The molecule has 0 radical (unpaired) electrons. The fraction of sp³-hybridized carbons (Fsp3) is 0.867. The van der Waals surface area contributed by atoms with Gasteiger partial charge in [-0.1, -0.05) is 46.8 Å². The molecule has 0 aromatic carbocycles. The lowest BCUT2D eigenvalue weighted by Crippen LogP contribution is -2.58. The molecule has 1 aliphatic heterocycles. The molecular formula is C30H48O4. The van der Waals surface area contributed by atoms with Crippen molar-refractivity contribution in [2.45, 2.75) is 130 Å². The first-order valence-electron chi connectivity index (χ1n) is 13.7. The molecule has 1 heterocycles. The van der Waals surface area contributed by atoms with Crippen molar-refractivity contribution in [3.8, 4) is 0 Å². The van der Waals surface area contributed by atoms with Crippen LogP contribution in [0.15, 0.2) is 23.3 Å². The molecule has 4 nitrogen and oxygen atoms in total. The van der Waals surface area contributed by atoms with Gasteiger partial charge in [0, 0.05) is 11.3 Å². The topological polar surface area (TPSA) is 69.9 Å². The van der Waals surface area contributed by atoms with E-state index in [1.54, 1.807) is 0 Å². The van der Waals surface area contributed by atoms with Gasteiger partial charge in [-0.15, -0.1) is 0 Å². The van der Waals surface area contributed by atoms with Crippen molar-refractivity contribution in [2.75, 3.05) is 0 Å². The second-order valence-corrected chi connectivity index (χ2v) is 14.6. The van der Waals surface area contributed by atoms with Gasteiger partial charge in [-0.3, -0.25) is 0 Å². The van der Waals surface area contributed by atoms with E-state index in [9.17, 15) is 15.3 Å². The summed E-state index contributed by atoms with van der Waals surface area (Å²) >= 11 is 0. The van der Waals surface area contributed by atoms with Crippen molar-refractivity contribution in [3.05, 3.63) is 23.3 Å².